The lowest BCUT2D eigenvalue weighted by Crippen LogP contribution is -2.15. The number of aromatic nitrogens is 4. The van der Waals surface area contributed by atoms with Gasteiger partial charge < -0.3 is 4.57 Å². The van der Waals surface area contributed by atoms with Gasteiger partial charge in [0.2, 0.25) is 0 Å². The Balaban J connectivity index is 1.38. The van der Waals surface area contributed by atoms with Gasteiger partial charge in [-0.25, -0.2) is 4.98 Å². The molecule has 0 aliphatic carbocycles. The predicted octanol–water partition coefficient (Wildman–Crippen LogP) is 7.21. The van der Waals surface area contributed by atoms with Crippen molar-refractivity contribution in [2.45, 2.75) is 47.8 Å². The fraction of sp³-hybridized carbons (Fsp3) is 0.214. The highest BCUT2D eigenvalue weighted by atomic mass is 32.2. The highest BCUT2D eigenvalue weighted by molar-refractivity contribution is 8.00. The van der Waals surface area contributed by atoms with Crippen molar-refractivity contribution in [1.29, 1.82) is 0 Å². The van der Waals surface area contributed by atoms with Crippen molar-refractivity contribution in [2.75, 3.05) is 0 Å². The smallest absolute Gasteiger partial charge is 0.192 e. The number of Topliss-reactive ketones (excluding diaryl/α,β-unsaturated/α-hetero) is 1. The number of thioether (sulfide) groups is 2. The minimum Gasteiger partial charge on any atom is -0.301 e. The van der Waals surface area contributed by atoms with Crippen LogP contribution in [0.4, 0.5) is 0 Å². The van der Waals surface area contributed by atoms with Crippen molar-refractivity contribution < 1.29 is 4.79 Å². The first-order valence-corrected chi connectivity index (χ1v) is 14.4. The number of para-hydroxylation sites is 1. The van der Waals surface area contributed by atoms with Crippen molar-refractivity contribution in [2.24, 2.45) is 0 Å². The number of carbonyl (C=O) groups is 1. The Morgan fingerprint density at radius 3 is 2.53 bits per heavy atom. The fourth-order valence-corrected chi connectivity index (χ4v) is 6.77. The van der Waals surface area contributed by atoms with Crippen LogP contribution in [-0.2, 0) is 12.3 Å². The van der Waals surface area contributed by atoms with Crippen LogP contribution in [0.15, 0.2) is 82.3 Å². The second-order valence-corrected chi connectivity index (χ2v) is 12.2. The largest absolute Gasteiger partial charge is 0.301 e. The van der Waals surface area contributed by atoms with Crippen molar-refractivity contribution in [3.63, 3.8) is 0 Å². The molecule has 0 aliphatic rings. The van der Waals surface area contributed by atoms with E-state index in [-0.39, 0.29) is 11.0 Å². The van der Waals surface area contributed by atoms with E-state index in [0.29, 0.717) is 12.3 Å². The fourth-order valence-electron chi connectivity index (χ4n) is 3.82. The summed E-state index contributed by atoms with van der Waals surface area (Å²) < 4.78 is 4.32. The molecule has 0 amide bonds. The minimum atomic E-state index is -0.282. The number of hydrogen-bond acceptors (Lipinski definition) is 7. The minimum absolute atomic E-state index is 0.0998. The maximum Gasteiger partial charge on any atom is 0.192 e. The monoisotopic (exact) mass is 530 g/mol. The third kappa shape index (κ3) is 5.56. The van der Waals surface area contributed by atoms with Gasteiger partial charge in [-0.3, -0.25) is 4.79 Å². The molecule has 5 nitrogen and oxygen atoms in total. The van der Waals surface area contributed by atoms with Crippen molar-refractivity contribution >= 4 is 50.9 Å². The van der Waals surface area contributed by atoms with E-state index in [1.807, 2.05) is 68.4 Å². The van der Waals surface area contributed by atoms with E-state index in [1.54, 1.807) is 23.1 Å². The molecule has 2 heterocycles. The molecule has 0 spiro atoms. The summed E-state index contributed by atoms with van der Waals surface area (Å²) in [5.74, 6) is 1.62. The molecule has 5 aromatic rings. The molecule has 0 unspecified atom stereocenters. The Morgan fingerprint density at radius 2 is 1.75 bits per heavy atom. The first-order chi connectivity index (χ1) is 17.5. The molecule has 0 radical (unpaired) electrons. The van der Waals surface area contributed by atoms with Crippen LogP contribution >= 0.6 is 34.9 Å². The van der Waals surface area contributed by atoms with Gasteiger partial charge in [-0.15, -0.1) is 21.5 Å². The average molecular weight is 531 g/mol. The lowest BCUT2D eigenvalue weighted by atomic mass is 10.0. The van der Waals surface area contributed by atoms with E-state index in [1.165, 1.54) is 27.6 Å². The van der Waals surface area contributed by atoms with E-state index >= 15 is 0 Å². The molecular formula is C28H26N4OS3. The van der Waals surface area contributed by atoms with E-state index < -0.39 is 0 Å². The van der Waals surface area contributed by atoms with Crippen LogP contribution in [-0.4, -0.2) is 30.8 Å². The zero-order chi connectivity index (χ0) is 25.1. The van der Waals surface area contributed by atoms with Crippen LogP contribution < -0.4 is 0 Å². The Kier molecular flexibility index (Phi) is 7.55. The summed E-state index contributed by atoms with van der Waals surface area (Å²) in [5.41, 5.74) is 5.23. The number of ketones is 1. The molecule has 0 N–H and O–H groups in total. The number of rotatable bonds is 9. The number of hydrogen-bond donors (Lipinski definition) is 0. The summed E-state index contributed by atoms with van der Waals surface area (Å²) in [5, 5.41) is 9.51. The molecule has 8 heteroatoms. The van der Waals surface area contributed by atoms with Gasteiger partial charge in [0.25, 0.3) is 0 Å². The number of carbonyl (C=O) groups excluding carboxylic acids is 1. The highest BCUT2D eigenvalue weighted by Crippen LogP contribution is 2.33. The lowest BCUT2D eigenvalue weighted by molar-refractivity contribution is 0.0993. The van der Waals surface area contributed by atoms with E-state index in [0.717, 1.165) is 32.0 Å². The van der Waals surface area contributed by atoms with Crippen molar-refractivity contribution in [3.05, 3.63) is 101 Å². The number of benzene rings is 3. The van der Waals surface area contributed by atoms with Crippen molar-refractivity contribution in [3.8, 4) is 0 Å². The Hall–Kier alpha value is -2.94. The van der Waals surface area contributed by atoms with Crippen LogP contribution in [0, 0.1) is 13.8 Å². The quantitative estimate of drug-likeness (QED) is 0.148. The predicted molar refractivity (Wildman–Crippen MR) is 150 cm³/mol. The van der Waals surface area contributed by atoms with Crippen LogP contribution in [0.1, 0.15) is 39.8 Å². The molecule has 36 heavy (non-hydrogen) atoms. The lowest BCUT2D eigenvalue weighted by Gasteiger charge is -2.14. The summed E-state index contributed by atoms with van der Waals surface area (Å²) in [7, 11) is 0. The molecule has 5 rings (SSSR count). The molecule has 0 saturated carbocycles. The Bertz CT molecular complexity index is 1480. The van der Waals surface area contributed by atoms with Gasteiger partial charge in [0, 0.05) is 5.56 Å². The number of fused-ring (bicyclic) bond motifs is 1. The molecule has 2 aromatic heterocycles. The van der Waals surface area contributed by atoms with Gasteiger partial charge in [-0.1, -0.05) is 78.1 Å². The Morgan fingerprint density at radius 1 is 0.972 bits per heavy atom. The molecule has 0 bridgehead atoms. The molecule has 3 aromatic carbocycles. The van der Waals surface area contributed by atoms with Crippen LogP contribution in [0.5, 0.6) is 0 Å². The first-order valence-electron chi connectivity index (χ1n) is 11.7. The summed E-state index contributed by atoms with van der Waals surface area (Å²) in [6, 6.07) is 24.4. The molecule has 1 atom stereocenters. The number of thiazole rings is 1. The molecule has 0 aliphatic heterocycles. The summed E-state index contributed by atoms with van der Waals surface area (Å²) in [6.45, 7) is 6.69. The van der Waals surface area contributed by atoms with Gasteiger partial charge in [0.1, 0.15) is 5.82 Å². The highest BCUT2D eigenvalue weighted by Gasteiger charge is 2.22. The summed E-state index contributed by atoms with van der Waals surface area (Å²) in [4.78, 5) is 17.9. The van der Waals surface area contributed by atoms with E-state index in [9.17, 15) is 4.79 Å². The molecule has 0 saturated heterocycles. The molecule has 182 valence electrons. The molecule has 0 fully saturated rings. The molecular weight excluding hydrogens is 505 g/mol. The van der Waals surface area contributed by atoms with Crippen LogP contribution in [0.3, 0.4) is 0 Å². The van der Waals surface area contributed by atoms with Gasteiger partial charge >= 0.3 is 0 Å². The second kappa shape index (κ2) is 11.0. The van der Waals surface area contributed by atoms with E-state index in [2.05, 4.69) is 39.9 Å². The number of nitrogens with zero attached hydrogens (tertiary/aromatic N) is 4. The Labute approximate surface area is 223 Å². The zero-order valence-electron chi connectivity index (χ0n) is 20.3. The number of aryl methyl sites for hydroxylation is 2. The van der Waals surface area contributed by atoms with Crippen LogP contribution in [0.25, 0.3) is 10.2 Å². The topological polar surface area (TPSA) is 60.7 Å². The summed E-state index contributed by atoms with van der Waals surface area (Å²) in [6.07, 6.45) is 0. The maximum absolute atomic E-state index is 13.2. The second-order valence-electron chi connectivity index (χ2n) is 8.63. The van der Waals surface area contributed by atoms with Crippen LogP contribution in [0.2, 0.25) is 0 Å². The SMILES string of the molecule is Cc1ccc(C(=O)[C@H](C)Sc2nnc(CSc3nc4ccccc4s3)n2Cc2ccccc2)cc1C. The third-order valence-electron chi connectivity index (χ3n) is 6.02. The summed E-state index contributed by atoms with van der Waals surface area (Å²) >= 11 is 4.83. The van der Waals surface area contributed by atoms with Gasteiger partial charge in [-0.05, 0) is 55.7 Å². The average Bonchev–Trinajstić information content (AvgIpc) is 3.48. The van der Waals surface area contributed by atoms with Gasteiger partial charge in [0.05, 0.1) is 27.8 Å². The maximum atomic E-state index is 13.2. The first kappa shape index (κ1) is 24.7. The zero-order valence-corrected chi connectivity index (χ0v) is 22.8. The van der Waals surface area contributed by atoms with Gasteiger partial charge in [0.15, 0.2) is 15.3 Å². The van der Waals surface area contributed by atoms with E-state index in [4.69, 9.17) is 4.98 Å². The standard InChI is InChI=1S/C28H26N4OS3/c1-18-13-14-22(15-19(18)2)26(33)20(3)35-27-31-30-25(32(27)16-21-9-5-4-6-10-21)17-34-28-29-23-11-7-8-12-24(23)36-28/h4-15,20H,16-17H2,1-3H3/t20-/m0/s1. The third-order valence-corrected chi connectivity index (χ3v) is 9.27. The van der Waals surface area contributed by atoms with Gasteiger partial charge in [-0.2, -0.15) is 0 Å². The normalized spacial score (nSPS) is 12.2. The van der Waals surface area contributed by atoms with Crippen molar-refractivity contribution in [1.82, 2.24) is 19.7 Å².